The fourth-order valence-electron chi connectivity index (χ4n) is 2.00. The Balaban J connectivity index is 2.14. The zero-order valence-corrected chi connectivity index (χ0v) is 13.1. The van der Waals surface area contributed by atoms with Gasteiger partial charge in [0.1, 0.15) is 5.75 Å². The maximum absolute atomic E-state index is 12.1. The molecule has 0 aliphatic heterocycles. The molecule has 0 aliphatic rings. The summed E-state index contributed by atoms with van der Waals surface area (Å²) < 4.78 is 5.14. The maximum atomic E-state index is 12.1. The molecule has 0 radical (unpaired) electrons. The Morgan fingerprint density at radius 1 is 1.21 bits per heavy atom. The van der Waals surface area contributed by atoms with Crippen LogP contribution in [0.15, 0.2) is 47.6 Å². The number of carbonyl (C=O) groups excluding carboxylic acids is 1. The van der Waals surface area contributed by atoms with Crippen molar-refractivity contribution < 1.29 is 19.3 Å². The average Bonchev–Trinajstić information content (AvgIpc) is 2.59. The fourth-order valence-corrected chi connectivity index (χ4v) is 2.00. The van der Waals surface area contributed by atoms with Crippen LogP contribution in [0.1, 0.15) is 21.5 Å². The van der Waals surface area contributed by atoms with Gasteiger partial charge in [-0.1, -0.05) is 11.2 Å². The first-order chi connectivity index (χ1) is 11.4. The molecule has 124 valence electrons. The van der Waals surface area contributed by atoms with E-state index in [0.717, 1.165) is 0 Å². The summed E-state index contributed by atoms with van der Waals surface area (Å²) in [7, 11) is 1.50. The molecule has 0 aromatic heterocycles. The molecule has 0 atom stereocenters. The second-order valence-corrected chi connectivity index (χ2v) is 4.79. The average molecular weight is 329 g/mol. The summed E-state index contributed by atoms with van der Waals surface area (Å²) in [5, 5.41) is 14.2. The minimum atomic E-state index is -0.684. The first-order valence-electron chi connectivity index (χ1n) is 6.87. The number of hydrogen-bond acceptors (Lipinski definition) is 6. The summed E-state index contributed by atoms with van der Waals surface area (Å²) in [6, 6.07) is 10.4. The lowest BCUT2D eigenvalue weighted by molar-refractivity contribution is -0.384. The standard InChI is InChI=1S/C16H15N3O5/c1-10-13(4-3-5-14(10)23-2)16(20)24-18-15(17)11-6-8-12(9-7-11)19(21)22/h3-9H,1-2H3,(H2,17,18). The number of nitro groups is 1. The molecule has 0 heterocycles. The van der Waals surface area contributed by atoms with Crippen LogP contribution < -0.4 is 10.5 Å². The molecular formula is C16H15N3O5. The molecule has 0 unspecified atom stereocenters. The van der Waals surface area contributed by atoms with Crippen LogP contribution in [0, 0.1) is 17.0 Å². The van der Waals surface area contributed by atoms with Crippen molar-refractivity contribution in [1.82, 2.24) is 0 Å². The third-order valence-corrected chi connectivity index (χ3v) is 3.32. The molecule has 8 heteroatoms. The molecule has 2 rings (SSSR count). The Bertz CT molecular complexity index is 800. The van der Waals surface area contributed by atoms with Gasteiger partial charge in [-0.25, -0.2) is 4.79 Å². The molecule has 2 N–H and O–H groups in total. The number of carbonyl (C=O) groups is 1. The highest BCUT2D eigenvalue weighted by Crippen LogP contribution is 2.21. The van der Waals surface area contributed by atoms with E-state index in [1.807, 2.05) is 0 Å². The minimum absolute atomic E-state index is 0.0706. The predicted octanol–water partition coefficient (Wildman–Crippen LogP) is 2.39. The molecule has 8 nitrogen and oxygen atoms in total. The van der Waals surface area contributed by atoms with Crippen molar-refractivity contribution in [2.24, 2.45) is 10.9 Å². The Morgan fingerprint density at radius 2 is 1.88 bits per heavy atom. The number of benzene rings is 2. The topological polar surface area (TPSA) is 117 Å². The minimum Gasteiger partial charge on any atom is -0.496 e. The van der Waals surface area contributed by atoms with Gasteiger partial charge in [0.2, 0.25) is 0 Å². The van der Waals surface area contributed by atoms with E-state index in [9.17, 15) is 14.9 Å². The molecule has 0 amide bonds. The molecule has 2 aromatic carbocycles. The molecule has 0 spiro atoms. The van der Waals surface area contributed by atoms with Crippen molar-refractivity contribution in [3.05, 3.63) is 69.3 Å². The molecule has 0 bridgehead atoms. The lowest BCUT2D eigenvalue weighted by atomic mass is 10.1. The van der Waals surface area contributed by atoms with Gasteiger partial charge < -0.3 is 15.3 Å². The van der Waals surface area contributed by atoms with Crippen molar-refractivity contribution in [1.29, 1.82) is 0 Å². The van der Waals surface area contributed by atoms with E-state index in [2.05, 4.69) is 5.16 Å². The van der Waals surface area contributed by atoms with Crippen LogP contribution in [0.5, 0.6) is 5.75 Å². The number of ether oxygens (including phenoxy) is 1. The SMILES string of the molecule is COc1cccc(C(=O)O/N=C(\N)c2ccc([N+](=O)[O-])cc2)c1C. The number of nitro benzene ring substituents is 1. The van der Waals surface area contributed by atoms with Crippen LogP contribution in [0.4, 0.5) is 5.69 Å². The highest BCUT2D eigenvalue weighted by atomic mass is 16.7. The predicted molar refractivity (Wildman–Crippen MR) is 87.0 cm³/mol. The molecule has 0 aliphatic carbocycles. The molecule has 0 saturated carbocycles. The Labute approximate surface area is 137 Å². The van der Waals surface area contributed by atoms with Gasteiger partial charge in [-0.05, 0) is 31.2 Å². The number of oxime groups is 1. The van der Waals surface area contributed by atoms with E-state index in [4.69, 9.17) is 15.3 Å². The van der Waals surface area contributed by atoms with Gasteiger partial charge in [0.05, 0.1) is 17.6 Å². The van der Waals surface area contributed by atoms with Crippen LogP contribution in [0.2, 0.25) is 0 Å². The zero-order chi connectivity index (χ0) is 17.7. The van der Waals surface area contributed by atoms with E-state index in [0.29, 0.717) is 22.4 Å². The van der Waals surface area contributed by atoms with Gasteiger partial charge in [0.15, 0.2) is 5.84 Å². The molecule has 24 heavy (non-hydrogen) atoms. The molecular weight excluding hydrogens is 314 g/mol. The third kappa shape index (κ3) is 3.67. The Hall–Kier alpha value is -3.42. The van der Waals surface area contributed by atoms with Crippen LogP contribution >= 0.6 is 0 Å². The normalized spacial score (nSPS) is 11.0. The van der Waals surface area contributed by atoms with Crippen molar-refractivity contribution >= 4 is 17.5 Å². The largest absolute Gasteiger partial charge is 0.496 e. The summed E-state index contributed by atoms with van der Waals surface area (Å²) >= 11 is 0. The zero-order valence-electron chi connectivity index (χ0n) is 13.1. The molecule has 0 saturated heterocycles. The Kier molecular flexibility index (Phi) is 5.10. The lowest BCUT2D eigenvalue weighted by Crippen LogP contribution is -2.15. The van der Waals surface area contributed by atoms with Crippen LogP contribution in [-0.2, 0) is 4.84 Å². The lowest BCUT2D eigenvalue weighted by Gasteiger charge is -2.08. The van der Waals surface area contributed by atoms with Gasteiger partial charge in [0.25, 0.3) is 5.69 Å². The Morgan fingerprint density at radius 3 is 2.46 bits per heavy atom. The van der Waals surface area contributed by atoms with Crippen molar-refractivity contribution in [3.8, 4) is 5.75 Å². The monoisotopic (exact) mass is 329 g/mol. The second-order valence-electron chi connectivity index (χ2n) is 4.79. The number of nitrogens with zero attached hydrogens (tertiary/aromatic N) is 2. The molecule has 2 aromatic rings. The van der Waals surface area contributed by atoms with E-state index in [-0.39, 0.29) is 11.5 Å². The van der Waals surface area contributed by atoms with Crippen LogP contribution in [0.25, 0.3) is 0 Å². The quantitative estimate of drug-likeness (QED) is 0.296. The summed E-state index contributed by atoms with van der Waals surface area (Å²) in [6.07, 6.45) is 0. The third-order valence-electron chi connectivity index (χ3n) is 3.32. The van der Waals surface area contributed by atoms with Crippen molar-refractivity contribution in [2.75, 3.05) is 7.11 Å². The fraction of sp³-hybridized carbons (Fsp3) is 0.125. The number of methoxy groups -OCH3 is 1. The maximum Gasteiger partial charge on any atom is 0.366 e. The van der Waals surface area contributed by atoms with Gasteiger partial charge in [-0.3, -0.25) is 10.1 Å². The highest BCUT2D eigenvalue weighted by Gasteiger charge is 2.14. The second kappa shape index (κ2) is 7.23. The summed E-state index contributed by atoms with van der Waals surface area (Å²) in [5.41, 5.74) is 6.97. The molecule has 0 fully saturated rings. The number of nitrogens with two attached hydrogens (primary N) is 1. The highest BCUT2D eigenvalue weighted by molar-refractivity contribution is 5.98. The van der Waals surface area contributed by atoms with E-state index >= 15 is 0 Å². The van der Waals surface area contributed by atoms with Gasteiger partial charge >= 0.3 is 5.97 Å². The van der Waals surface area contributed by atoms with Crippen LogP contribution in [0.3, 0.4) is 0 Å². The van der Waals surface area contributed by atoms with E-state index < -0.39 is 10.9 Å². The van der Waals surface area contributed by atoms with E-state index in [1.165, 1.54) is 31.4 Å². The number of amidine groups is 1. The summed E-state index contributed by atoms with van der Waals surface area (Å²) in [5.74, 6) is -0.202. The number of rotatable bonds is 5. The van der Waals surface area contributed by atoms with Crippen molar-refractivity contribution in [2.45, 2.75) is 6.92 Å². The number of non-ortho nitro benzene ring substituents is 1. The van der Waals surface area contributed by atoms with Crippen LogP contribution in [-0.4, -0.2) is 23.8 Å². The smallest absolute Gasteiger partial charge is 0.366 e. The number of hydrogen-bond donors (Lipinski definition) is 1. The summed E-state index contributed by atoms with van der Waals surface area (Å²) in [4.78, 5) is 27.0. The summed E-state index contributed by atoms with van der Waals surface area (Å²) in [6.45, 7) is 1.72. The first-order valence-corrected chi connectivity index (χ1v) is 6.87. The van der Waals surface area contributed by atoms with Gasteiger partial charge in [0, 0.05) is 23.3 Å². The van der Waals surface area contributed by atoms with Gasteiger partial charge in [-0.2, -0.15) is 0 Å². The van der Waals surface area contributed by atoms with Gasteiger partial charge in [-0.15, -0.1) is 0 Å². The first kappa shape index (κ1) is 16.9. The van der Waals surface area contributed by atoms with Crippen molar-refractivity contribution in [3.63, 3.8) is 0 Å². The van der Waals surface area contributed by atoms with E-state index in [1.54, 1.807) is 25.1 Å².